The van der Waals surface area contributed by atoms with Crippen molar-refractivity contribution in [1.82, 2.24) is 10.4 Å². The number of hydrogen-bond donors (Lipinski definition) is 2. The lowest BCUT2D eigenvalue weighted by molar-refractivity contribution is 0.0625. The number of amides is 2. The number of benzene rings is 1. The van der Waals surface area contributed by atoms with Crippen LogP contribution in [0.5, 0.6) is 0 Å². The van der Waals surface area contributed by atoms with Gasteiger partial charge in [-0.2, -0.15) is 0 Å². The van der Waals surface area contributed by atoms with Crippen LogP contribution in [0.15, 0.2) is 18.2 Å². The standard InChI is InChI=1S/C15H22FN3O/c1-10-7-8-13(16)9-14(10)17-15(20)18-19-11(2)5-4-6-12(19)3/h7-9,11-12H,4-6H2,1-3H3,(H2,17,18,20)/t11-,12+. The molecule has 1 fully saturated rings. The van der Waals surface area contributed by atoms with E-state index in [0.29, 0.717) is 17.8 Å². The van der Waals surface area contributed by atoms with Crippen LogP contribution in [0.4, 0.5) is 14.9 Å². The van der Waals surface area contributed by atoms with Crippen molar-refractivity contribution in [2.75, 3.05) is 5.32 Å². The molecule has 4 nitrogen and oxygen atoms in total. The van der Waals surface area contributed by atoms with Gasteiger partial charge >= 0.3 is 6.03 Å². The number of carbonyl (C=O) groups is 1. The number of carbonyl (C=O) groups excluding carboxylic acids is 1. The van der Waals surface area contributed by atoms with Gasteiger partial charge in [-0.05, 0) is 51.3 Å². The molecule has 1 saturated heterocycles. The van der Waals surface area contributed by atoms with Crippen molar-refractivity contribution < 1.29 is 9.18 Å². The highest BCUT2D eigenvalue weighted by Crippen LogP contribution is 2.21. The Bertz CT molecular complexity index is 482. The number of hydrogen-bond acceptors (Lipinski definition) is 2. The quantitative estimate of drug-likeness (QED) is 0.871. The minimum Gasteiger partial charge on any atom is -0.307 e. The normalized spacial score (nSPS) is 23.4. The van der Waals surface area contributed by atoms with Gasteiger partial charge in [0.2, 0.25) is 0 Å². The molecular weight excluding hydrogens is 257 g/mol. The lowest BCUT2D eigenvalue weighted by Crippen LogP contribution is -2.55. The van der Waals surface area contributed by atoms with Gasteiger partial charge in [-0.15, -0.1) is 0 Å². The number of piperidine rings is 1. The Hall–Kier alpha value is -1.62. The van der Waals surface area contributed by atoms with Gasteiger partial charge in [-0.1, -0.05) is 12.5 Å². The molecule has 0 spiro atoms. The highest BCUT2D eigenvalue weighted by Gasteiger charge is 2.26. The monoisotopic (exact) mass is 279 g/mol. The first kappa shape index (κ1) is 14.8. The van der Waals surface area contributed by atoms with E-state index < -0.39 is 0 Å². The first-order valence-electron chi connectivity index (χ1n) is 7.09. The molecule has 110 valence electrons. The van der Waals surface area contributed by atoms with Crippen LogP contribution >= 0.6 is 0 Å². The van der Waals surface area contributed by atoms with Gasteiger partial charge < -0.3 is 5.32 Å². The number of halogens is 1. The molecule has 20 heavy (non-hydrogen) atoms. The molecule has 1 aliphatic rings. The summed E-state index contributed by atoms with van der Waals surface area (Å²) in [7, 11) is 0. The number of anilines is 1. The highest BCUT2D eigenvalue weighted by molar-refractivity contribution is 5.89. The van der Waals surface area contributed by atoms with Gasteiger partial charge in [0.05, 0.1) is 0 Å². The summed E-state index contributed by atoms with van der Waals surface area (Å²) in [6.07, 6.45) is 3.33. The van der Waals surface area contributed by atoms with Crippen LogP contribution in [0.25, 0.3) is 0 Å². The Morgan fingerprint density at radius 3 is 2.60 bits per heavy atom. The van der Waals surface area contributed by atoms with Gasteiger partial charge in [-0.3, -0.25) is 5.43 Å². The van der Waals surface area contributed by atoms with Gasteiger partial charge in [0.15, 0.2) is 0 Å². The third-order valence-electron chi connectivity index (χ3n) is 3.87. The molecule has 1 aromatic carbocycles. The lowest BCUT2D eigenvalue weighted by Gasteiger charge is -2.38. The molecule has 2 rings (SSSR count). The fourth-order valence-electron chi connectivity index (χ4n) is 2.64. The highest BCUT2D eigenvalue weighted by atomic mass is 19.1. The predicted molar refractivity (Wildman–Crippen MR) is 77.9 cm³/mol. The van der Waals surface area contributed by atoms with Crippen molar-refractivity contribution in [3.63, 3.8) is 0 Å². The summed E-state index contributed by atoms with van der Waals surface area (Å²) in [5.74, 6) is -0.356. The van der Waals surface area contributed by atoms with Crippen LogP contribution in [-0.2, 0) is 0 Å². The summed E-state index contributed by atoms with van der Waals surface area (Å²) in [5, 5.41) is 4.69. The van der Waals surface area contributed by atoms with Gasteiger partial charge in [0, 0.05) is 17.8 Å². The summed E-state index contributed by atoms with van der Waals surface area (Å²) >= 11 is 0. The van der Waals surface area contributed by atoms with E-state index in [-0.39, 0.29) is 11.8 Å². The van der Waals surface area contributed by atoms with E-state index >= 15 is 0 Å². The zero-order valence-corrected chi connectivity index (χ0v) is 12.2. The first-order chi connectivity index (χ1) is 9.47. The summed E-state index contributed by atoms with van der Waals surface area (Å²) in [5.41, 5.74) is 4.21. The molecule has 2 amide bonds. The van der Waals surface area contributed by atoms with Crippen molar-refractivity contribution in [3.8, 4) is 0 Å². The number of hydrazine groups is 1. The van der Waals surface area contributed by atoms with E-state index in [1.807, 2.05) is 11.9 Å². The number of nitrogens with zero attached hydrogens (tertiary/aromatic N) is 1. The number of rotatable bonds is 2. The number of aryl methyl sites for hydroxylation is 1. The maximum atomic E-state index is 13.2. The van der Waals surface area contributed by atoms with Crippen molar-refractivity contribution in [2.45, 2.75) is 52.1 Å². The predicted octanol–water partition coefficient (Wildman–Crippen LogP) is 3.43. The summed E-state index contributed by atoms with van der Waals surface area (Å²) in [6, 6.07) is 4.68. The molecule has 2 atom stereocenters. The van der Waals surface area contributed by atoms with Crippen LogP contribution in [0.3, 0.4) is 0 Å². The van der Waals surface area contributed by atoms with E-state index in [1.54, 1.807) is 6.07 Å². The van der Waals surface area contributed by atoms with Crippen LogP contribution in [0.1, 0.15) is 38.7 Å². The first-order valence-corrected chi connectivity index (χ1v) is 7.09. The SMILES string of the molecule is Cc1ccc(F)cc1NC(=O)NN1[C@H](C)CCC[C@@H]1C. The molecule has 1 heterocycles. The zero-order chi connectivity index (χ0) is 14.7. The molecule has 0 unspecified atom stereocenters. The number of urea groups is 1. The molecule has 5 heteroatoms. The third kappa shape index (κ3) is 3.48. The molecule has 0 aliphatic carbocycles. The molecular formula is C15H22FN3O. The molecule has 0 aromatic heterocycles. The largest absolute Gasteiger partial charge is 0.333 e. The maximum absolute atomic E-state index is 13.2. The lowest BCUT2D eigenvalue weighted by atomic mass is 10.00. The fourth-order valence-corrected chi connectivity index (χ4v) is 2.64. The smallest absolute Gasteiger partial charge is 0.307 e. The van der Waals surface area contributed by atoms with E-state index in [1.165, 1.54) is 18.6 Å². The Balaban J connectivity index is 1.99. The summed E-state index contributed by atoms with van der Waals surface area (Å²) < 4.78 is 13.2. The van der Waals surface area contributed by atoms with E-state index in [9.17, 15) is 9.18 Å². The Morgan fingerprint density at radius 2 is 1.95 bits per heavy atom. The second-order valence-corrected chi connectivity index (χ2v) is 5.56. The summed E-state index contributed by atoms with van der Waals surface area (Å²) in [6.45, 7) is 6.04. The molecule has 0 saturated carbocycles. The molecule has 1 aliphatic heterocycles. The van der Waals surface area contributed by atoms with Crippen LogP contribution < -0.4 is 10.7 Å². The molecule has 2 N–H and O–H groups in total. The van der Waals surface area contributed by atoms with E-state index in [4.69, 9.17) is 0 Å². The Kier molecular flexibility index (Phi) is 4.60. The third-order valence-corrected chi connectivity index (χ3v) is 3.87. The van der Waals surface area contributed by atoms with Crippen LogP contribution in [0.2, 0.25) is 0 Å². The minimum absolute atomic E-state index is 0.318. The molecule has 1 aromatic rings. The van der Waals surface area contributed by atoms with Crippen molar-refractivity contribution in [3.05, 3.63) is 29.6 Å². The second kappa shape index (κ2) is 6.22. The average molecular weight is 279 g/mol. The Morgan fingerprint density at radius 1 is 1.30 bits per heavy atom. The van der Waals surface area contributed by atoms with E-state index in [0.717, 1.165) is 18.4 Å². The van der Waals surface area contributed by atoms with Gasteiger partial charge in [0.25, 0.3) is 0 Å². The second-order valence-electron chi connectivity index (χ2n) is 5.56. The average Bonchev–Trinajstić information content (AvgIpc) is 2.38. The Labute approximate surface area is 119 Å². The van der Waals surface area contributed by atoms with Crippen molar-refractivity contribution in [2.24, 2.45) is 0 Å². The van der Waals surface area contributed by atoms with E-state index in [2.05, 4.69) is 24.6 Å². The van der Waals surface area contributed by atoms with Crippen LogP contribution in [0, 0.1) is 12.7 Å². The van der Waals surface area contributed by atoms with Gasteiger partial charge in [0.1, 0.15) is 5.82 Å². The fraction of sp³-hybridized carbons (Fsp3) is 0.533. The minimum atomic E-state index is -0.356. The maximum Gasteiger partial charge on any atom is 0.333 e. The molecule has 0 radical (unpaired) electrons. The molecule has 0 bridgehead atoms. The van der Waals surface area contributed by atoms with Crippen LogP contribution in [-0.4, -0.2) is 23.1 Å². The number of nitrogens with one attached hydrogen (secondary N) is 2. The topological polar surface area (TPSA) is 44.4 Å². The zero-order valence-electron chi connectivity index (χ0n) is 12.2. The van der Waals surface area contributed by atoms with Gasteiger partial charge in [-0.25, -0.2) is 14.2 Å². The van der Waals surface area contributed by atoms with Crippen molar-refractivity contribution >= 4 is 11.7 Å². The summed E-state index contributed by atoms with van der Waals surface area (Å²) in [4.78, 5) is 12.0. The van der Waals surface area contributed by atoms with Crippen molar-refractivity contribution in [1.29, 1.82) is 0 Å².